The van der Waals surface area contributed by atoms with Gasteiger partial charge < -0.3 is 15.5 Å². The third-order valence-corrected chi connectivity index (χ3v) is 6.23. The van der Waals surface area contributed by atoms with Crippen molar-refractivity contribution >= 4 is 47.4 Å². The van der Waals surface area contributed by atoms with E-state index in [4.69, 9.17) is 11.6 Å². The zero-order valence-electron chi connectivity index (χ0n) is 17.2. The summed E-state index contributed by atoms with van der Waals surface area (Å²) in [7, 11) is 1.73. The molecule has 0 unspecified atom stereocenters. The molecule has 5 nitrogen and oxygen atoms in total. The van der Waals surface area contributed by atoms with Crippen LogP contribution in [-0.2, 0) is 23.2 Å². The van der Waals surface area contributed by atoms with Crippen LogP contribution in [0.5, 0.6) is 0 Å². The van der Waals surface area contributed by atoms with E-state index in [2.05, 4.69) is 39.9 Å². The molecule has 0 aromatic heterocycles. The van der Waals surface area contributed by atoms with E-state index in [1.54, 1.807) is 7.05 Å². The van der Waals surface area contributed by atoms with Gasteiger partial charge in [0.05, 0.1) is 6.54 Å². The molecule has 1 heterocycles. The topological polar surface area (TPSA) is 56.7 Å². The normalized spacial score (nSPS) is 16.9. The molecule has 0 bridgehead atoms. The second kappa shape index (κ2) is 10.0. The minimum Gasteiger partial charge on any atom is -0.356 e. The molecule has 2 N–H and O–H groups in total. The molecule has 2 aliphatic rings. The van der Waals surface area contributed by atoms with E-state index in [9.17, 15) is 4.79 Å². The zero-order valence-corrected chi connectivity index (χ0v) is 20.2. The number of nitrogens with one attached hydrogen (secondary N) is 2. The Morgan fingerprint density at radius 3 is 2.60 bits per heavy atom. The van der Waals surface area contributed by atoms with Crippen LogP contribution in [0.25, 0.3) is 0 Å². The number of guanidine groups is 1. The minimum absolute atomic E-state index is 0. The molecule has 0 saturated heterocycles. The average Bonchev–Trinajstić information content (AvgIpc) is 3.54. The predicted molar refractivity (Wildman–Crippen MR) is 133 cm³/mol. The lowest BCUT2D eigenvalue weighted by Gasteiger charge is -2.29. The third kappa shape index (κ3) is 5.27. The van der Waals surface area contributed by atoms with Gasteiger partial charge in [-0.1, -0.05) is 48.0 Å². The average molecular weight is 539 g/mol. The maximum atomic E-state index is 12.7. The molecule has 0 atom stereocenters. The first-order valence-corrected chi connectivity index (χ1v) is 10.5. The lowest BCUT2D eigenvalue weighted by molar-refractivity contribution is -0.130. The monoisotopic (exact) mass is 538 g/mol. The van der Waals surface area contributed by atoms with Crippen molar-refractivity contribution in [3.63, 3.8) is 0 Å². The number of benzene rings is 2. The van der Waals surface area contributed by atoms with Crippen molar-refractivity contribution in [2.24, 2.45) is 4.99 Å². The fourth-order valence-electron chi connectivity index (χ4n) is 3.99. The molecular weight excluding hydrogens is 511 g/mol. The predicted octanol–water partition coefficient (Wildman–Crippen LogP) is 3.74. The van der Waals surface area contributed by atoms with Gasteiger partial charge >= 0.3 is 0 Å². The zero-order chi connectivity index (χ0) is 20.3. The molecule has 30 heavy (non-hydrogen) atoms. The number of rotatable bonds is 5. The molecule has 160 valence electrons. The first kappa shape index (κ1) is 22.9. The van der Waals surface area contributed by atoms with Gasteiger partial charge in [0, 0.05) is 37.1 Å². The molecule has 0 spiro atoms. The molecule has 4 rings (SSSR count). The summed E-state index contributed by atoms with van der Waals surface area (Å²) in [5.41, 5.74) is 3.96. The van der Waals surface area contributed by atoms with Crippen LogP contribution in [0.1, 0.15) is 29.5 Å². The van der Waals surface area contributed by atoms with Crippen molar-refractivity contribution in [2.75, 3.05) is 26.7 Å². The summed E-state index contributed by atoms with van der Waals surface area (Å²) in [4.78, 5) is 18.9. The maximum absolute atomic E-state index is 12.7. The van der Waals surface area contributed by atoms with Crippen LogP contribution in [0, 0.1) is 0 Å². The Bertz CT molecular complexity index is 929. The Morgan fingerprint density at radius 1 is 1.13 bits per heavy atom. The molecule has 1 fully saturated rings. The van der Waals surface area contributed by atoms with Gasteiger partial charge in [-0.15, -0.1) is 24.0 Å². The highest BCUT2D eigenvalue weighted by Crippen LogP contribution is 2.48. The maximum Gasteiger partial charge on any atom is 0.242 e. The van der Waals surface area contributed by atoms with Crippen molar-refractivity contribution in [3.8, 4) is 0 Å². The minimum atomic E-state index is 0. The Balaban J connectivity index is 0.00000256. The van der Waals surface area contributed by atoms with E-state index in [0.29, 0.717) is 12.5 Å². The summed E-state index contributed by atoms with van der Waals surface area (Å²) in [6.45, 7) is 2.46. The summed E-state index contributed by atoms with van der Waals surface area (Å²) in [6, 6.07) is 16.4. The van der Waals surface area contributed by atoms with Gasteiger partial charge in [0.15, 0.2) is 5.96 Å². The summed E-state index contributed by atoms with van der Waals surface area (Å²) < 4.78 is 0. The van der Waals surface area contributed by atoms with Crippen LogP contribution in [-0.4, -0.2) is 43.4 Å². The van der Waals surface area contributed by atoms with Gasteiger partial charge in [0.2, 0.25) is 5.91 Å². The van der Waals surface area contributed by atoms with Gasteiger partial charge in [0.25, 0.3) is 0 Å². The van der Waals surface area contributed by atoms with Gasteiger partial charge in [-0.05, 0) is 48.1 Å². The standard InChI is InChI=1S/C23H27ClN4O.HI/c1-25-22(27-16-23(10-11-23)19-7-4-8-20(24)13-19)26-14-21(29)28-12-9-17-5-2-3-6-18(17)15-28;/h2-8,13H,9-12,14-16H2,1H3,(H2,25,26,27);1H. The number of nitrogens with zero attached hydrogens (tertiary/aromatic N) is 2. The molecule has 1 aliphatic heterocycles. The summed E-state index contributed by atoms with van der Waals surface area (Å²) in [5, 5.41) is 7.33. The molecule has 2 aromatic rings. The van der Waals surface area contributed by atoms with Crippen molar-refractivity contribution in [1.82, 2.24) is 15.5 Å². The van der Waals surface area contributed by atoms with Crippen LogP contribution < -0.4 is 10.6 Å². The highest BCUT2D eigenvalue weighted by molar-refractivity contribution is 14.0. The van der Waals surface area contributed by atoms with E-state index in [-0.39, 0.29) is 41.8 Å². The first-order valence-electron chi connectivity index (χ1n) is 10.1. The number of fused-ring (bicyclic) bond motifs is 1. The van der Waals surface area contributed by atoms with E-state index in [0.717, 1.165) is 37.4 Å². The highest BCUT2D eigenvalue weighted by Gasteiger charge is 2.44. The van der Waals surface area contributed by atoms with Crippen molar-refractivity contribution in [3.05, 3.63) is 70.2 Å². The van der Waals surface area contributed by atoms with Crippen molar-refractivity contribution < 1.29 is 4.79 Å². The fourth-order valence-corrected chi connectivity index (χ4v) is 4.18. The molecule has 2 aromatic carbocycles. The number of halogens is 2. The second-order valence-electron chi connectivity index (χ2n) is 7.90. The largest absolute Gasteiger partial charge is 0.356 e. The van der Waals surface area contributed by atoms with Gasteiger partial charge in [-0.2, -0.15) is 0 Å². The third-order valence-electron chi connectivity index (χ3n) is 6.00. The highest BCUT2D eigenvalue weighted by atomic mass is 127. The molecule has 1 aliphatic carbocycles. The lowest BCUT2D eigenvalue weighted by atomic mass is 9.96. The van der Waals surface area contributed by atoms with E-state index in [1.165, 1.54) is 16.7 Å². The molecule has 0 radical (unpaired) electrons. The molecular formula is C23H28ClIN4O. The van der Waals surface area contributed by atoms with Crippen molar-refractivity contribution in [2.45, 2.75) is 31.2 Å². The van der Waals surface area contributed by atoms with Crippen LogP contribution in [0.3, 0.4) is 0 Å². The van der Waals surface area contributed by atoms with E-state index < -0.39 is 0 Å². The van der Waals surface area contributed by atoms with Crippen LogP contribution in [0.15, 0.2) is 53.5 Å². The Morgan fingerprint density at radius 2 is 1.90 bits per heavy atom. The molecule has 7 heteroatoms. The van der Waals surface area contributed by atoms with Gasteiger partial charge in [0.1, 0.15) is 0 Å². The number of carbonyl (C=O) groups excluding carboxylic acids is 1. The van der Waals surface area contributed by atoms with Gasteiger partial charge in [-0.25, -0.2) is 0 Å². The van der Waals surface area contributed by atoms with E-state index in [1.807, 2.05) is 29.2 Å². The summed E-state index contributed by atoms with van der Waals surface area (Å²) in [5.74, 6) is 0.752. The number of carbonyl (C=O) groups is 1. The SMILES string of the molecule is CN=C(NCC(=O)N1CCc2ccccc2C1)NCC1(c2cccc(Cl)c2)CC1.I. The van der Waals surface area contributed by atoms with Crippen molar-refractivity contribution in [1.29, 1.82) is 0 Å². The fraction of sp³-hybridized carbons (Fsp3) is 0.391. The van der Waals surface area contributed by atoms with Crippen LogP contribution in [0.2, 0.25) is 5.02 Å². The first-order chi connectivity index (χ1) is 14.1. The Hall–Kier alpha value is -1.80. The second-order valence-corrected chi connectivity index (χ2v) is 8.34. The smallest absolute Gasteiger partial charge is 0.242 e. The number of hydrogen-bond acceptors (Lipinski definition) is 2. The molecule has 1 amide bonds. The number of aliphatic imine (C=N–C) groups is 1. The van der Waals surface area contributed by atoms with E-state index >= 15 is 0 Å². The van der Waals surface area contributed by atoms with Crippen LogP contribution in [0.4, 0.5) is 0 Å². The Kier molecular flexibility index (Phi) is 7.63. The molecule has 1 saturated carbocycles. The summed E-state index contributed by atoms with van der Waals surface area (Å²) >= 11 is 6.16. The quantitative estimate of drug-likeness (QED) is 0.346. The summed E-state index contributed by atoms with van der Waals surface area (Å²) in [6.07, 6.45) is 3.17. The number of hydrogen-bond donors (Lipinski definition) is 2. The number of amides is 1. The lowest BCUT2D eigenvalue weighted by Crippen LogP contribution is -2.47. The van der Waals surface area contributed by atoms with Crippen LogP contribution >= 0.6 is 35.6 Å². The van der Waals surface area contributed by atoms with Gasteiger partial charge in [-0.3, -0.25) is 9.79 Å². The Labute approximate surface area is 200 Å².